The van der Waals surface area contributed by atoms with E-state index in [1.807, 2.05) is 48.5 Å². The molecule has 148 valence electrons. The highest BCUT2D eigenvalue weighted by Gasteiger charge is 2.38. The lowest BCUT2D eigenvalue weighted by Gasteiger charge is -2.37. The second kappa shape index (κ2) is 8.05. The zero-order valence-corrected chi connectivity index (χ0v) is 16.6. The molecule has 1 aliphatic rings. The molecule has 0 saturated carbocycles. The minimum absolute atomic E-state index is 0.139. The Hall–Kier alpha value is -2.82. The van der Waals surface area contributed by atoms with E-state index >= 15 is 0 Å². The Balaban J connectivity index is 1.81. The van der Waals surface area contributed by atoms with E-state index in [0.717, 1.165) is 16.7 Å². The number of likely N-dealkylation sites (tertiary alicyclic amines) is 1. The molecule has 2 aromatic carbocycles. The number of carboxylic acids is 1. The molecule has 0 aliphatic carbocycles. The van der Waals surface area contributed by atoms with Crippen LogP contribution in [0.3, 0.4) is 0 Å². The fourth-order valence-corrected chi connectivity index (χ4v) is 3.67. The lowest BCUT2D eigenvalue weighted by atomic mass is 9.80. The van der Waals surface area contributed by atoms with Crippen molar-refractivity contribution < 1.29 is 19.4 Å². The van der Waals surface area contributed by atoms with Crippen LogP contribution < -0.4 is 0 Å². The second-order valence-electron chi connectivity index (χ2n) is 8.26. The van der Waals surface area contributed by atoms with Gasteiger partial charge in [0, 0.05) is 19.0 Å². The molecule has 5 nitrogen and oxygen atoms in total. The van der Waals surface area contributed by atoms with E-state index in [0.29, 0.717) is 13.0 Å². The minimum atomic E-state index is -0.886. The molecule has 1 aliphatic heterocycles. The summed E-state index contributed by atoms with van der Waals surface area (Å²) in [4.78, 5) is 25.9. The van der Waals surface area contributed by atoms with E-state index in [2.05, 4.69) is 6.07 Å². The van der Waals surface area contributed by atoms with Crippen molar-refractivity contribution in [2.24, 2.45) is 5.92 Å². The fraction of sp³-hybridized carbons (Fsp3) is 0.391. The quantitative estimate of drug-likeness (QED) is 0.831. The van der Waals surface area contributed by atoms with Crippen LogP contribution in [0.1, 0.15) is 38.7 Å². The zero-order valence-electron chi connectivity index (χ0n) is 16.6. The SMILES string of the molecule is CC(C)(C)OC(=O)N1CC[C@@H](c2cccc(-c3ccccc3)c2)[C@H](C(=O)O)C1. The number of rotatable bonds is 3. The van der Waals surface area contributed by atoms with Gasteiger partial charge in [0.25, 0.3) is 0 Å². The van der Waals surface area contributed by atoms with Crippen molar-refractivity contribution in [2.75, 3.05) is 13.1 Å². The van der Waals surface area contributed by atoms with Crippen molar-refractivity contribution >= 4 is 12.1 Å². The monoisotopic (exact) mass is 381 g/mol. The van der Waals surface area contributed by atoms with Gasteiger partial charge in [-0.2, -0.15) is 0 Å². The van der Waals surface area contributed by atoms with Gasteiger partial charge in [-0.1, -0.05) is 54.6 Å². The molecular formula is C23H27NO4. The van der Waals surface area contributed by atoms with Crippen LogP contribution >= 0.6 is 0 Å². The Kier molecular flexibility index (Phi) is 5.73. The Morgan fingerprint density at radius 1 is 1.04 bits per heavy atom. The largest absolute Gasteiger partial charge is 0.481 e. The number of piperidine rings is 1. The van der Waals surface area contributed by atoms with Gasteiger partial charge in [0.15, 0.2) is 0 Å². The third-order valence-corrected chi connectivity index (χ3v) is 5.00. The number of hydrogen-bond acceptors (Lipinski definition) is 3. The van der Waals surface area contributed by atoms with Crippen molar-refractivity contribution in [3.8, 4) is 11.1 Å². The minimum Gasteiger partial charge on any atom is -0.481 e. The highest BCUT2D eigenvalue weighted by atomic mass is 16.6. The summed E-state index contributed by atoms with van der Waals surface area (Å²) in [6.45, 7) is 6.06. The first kappa shape index (κ1) is 19.9. The Bertz CT molecular complexity index is 841. The van der Waals surface area contributed by atoms with Crippen molar-refractivity contribution in [3.63, 3.8) is 0 Å². The summed E-state index contributed by atoms with van der Waals surface area (Å²) in [7, 11) is 0. The molecule has 5 heteroatoms. The van der Waals surface area contributed by atoms with Crippen LogP contribution in [-0.2, 0) is 9.53 Å². The smallest absolute Gasteiger partial charge is 0.410 e. The van der Waals surface area contributed by atoms with Gasteiger partial charge in [-0.05, 0) is 43.9 Å². The maximum Gasteiger partial charge on any atom is 0.410 e. The van der Waals surface area contributed by atoms with Crippen LogP contribution in [0.2, 0.25) is 0 Å². The van der Waals surface area contributed by atoms with Crippen molar-refractivity contribution in [1.82, 2.24) is 4.90 Å². The van der Waals surface area contributed by atoms with Gasteiger partial charge in [0.05, 0.1) is 5.92 Å². The first-order chi connectivity index (χ1) is 13.2. The highest BCUT2D eigenvalue weighted by Crippen LogP contribution is 2.35. The summed E-state index contributed by atoms with van der Waals surface area (Å²) in [5, 5.41) is 9.81. The molecule has 0 aromatic heterocycles. The third-order valence-electron chi connectivity index (χ3n) is 5.00. The summed E-state index contributed by atoms with van der Waals surface area (Å²) in [6, 6.07) is 18.1. The highest BCUT2D eigenvalue weighted by molar-refractivity contribution is 5.75. The predicted octanol–water partition coefficient (Wildman–Crippen LogP) is 4.78. The zero-order chi connectivity index (χ0) is 20.3. The molecule has 0 bridgehead atoms. The molecule has 1 N–H and O–H groups in total. The second-order valence-corrected chi connectivity index (χ2v) is 8.26. The van der Waals surface area contributed by atoms with Gasteiger partial charge >= 0.3 is 12.1 Å². The maximum atomic E-state index is 12.4. The van der Waals surface area contributed by atoms with Crippen LogP contribution in [0.15, 0.2) is 54.6 Å². The molecule has 28 heavy (non-hydrogen) atoms. The number of benzene rings is 2. The first-order valence-electron chi connectivity index (χ1n) is 9.61. The van der Waals surface area contributed by atoms with Gasteiger partial charge in [-0.25, -0.2) is 4.79 Å². The van der Waals surface area contributed by atoms with Crippen molar-refractivity contribution in [3.05, 3.63) is 60.2 Å². The average Bonchev–Trinajstić information content (AvgIpc) is 2.67. The number of nitrogens with zero attached hydrogens (tertiary/aromatic N) is 1. The Labute approximate surface area is 165 Å². The van der Waals surface area contributed by atoms with Gasteiger partial charge in [0.2, 0.25) is 0 Å². The average molecular weight is 381 g/mol. The molecule has 0 spiro atoms. The molecular weight excluding hydrogens is 354 g/mol. The lowest BCUT2D eigenvalue weighted by molar-refractivity contribution is -0.144. The number of carbonyl (C=O) groups is 2. The summed E-state index contributed by atoms with van der Waals surface area (Å²) < 4.78 is 5.42. The predicted molar refractivity (Wildman–Crippen MR) is 108 cm³/mol. The van der Waals surface area contributed by atoms with Crippen molar-refractivity contribution in [1.29, 1.82) is 0 Å². The standard InChI is InChI=1S/C23H27NO4/c1-23(2,3)28-22(27)24-13-12-19(20(15-24)21(25)26)18-11-7-10-17(14-18)16-8-5-4-6-9-16/h4-11,14,19-20H,12-13,15H2,1-3H3,(H,25,26)/t19-,20+/m0/s1. The molecule has 1 heterocycles. The molecule has 2 atom stereocenters. The van der Waals surface area contributed by atoms with E-state index in [1.165, 1.54) is 4.90 Å². The Morgan fingerprint density at radius 3 is 2.36 bits per heavy atom. The number of ether oxygens (including phenoxy) is 1. The van der Waals surface area contributed by atoms with E-state index in [4.69, 9.17) is 4.74 Å². The van der Waals surface area contributed by atoms with Gasteiger partial charge in [-0.3, -0.25) is 4.79 Å². The van der Waals surface area contributed by atoms with Gasteiger partial charge in [-0.15, -0.1) is 0 Å². The first-order valence-corrected chi connectivity index (χ1v) is 9.61. The number of amides is 1. The van der Waals surface area contributed by atoms with Crippen LogP contribution in [0.25, 0.3) is 11.1 Å². The Morgan fingerprint density at radius 2 is 1.71 bits per heavy atom. The summed E-state index contributed by atoms with van der Waals surface area (Å²) in [6.07, 6.45) is 0.143. The van der Waals surface area contributed by atoms with E-state index in [1.54, 1.807) is 20.8 Å². The molecule has 1 fully saturated rings. The van der Waals surface area contributed by atoms with Crippen LogP contribution in [0.4, 0.5) is 4.79 Å². The van der Waals surface area contributed by atoms with E-state index in [9.17, 15) is 14.7 Å². The molecule has 1 saturated heterocycles. The fourth-order valence-electron chi connectivity index (χ4n) is 3.67. The molecule has 0 radical (unpaired) electrons. The molecule has 3 rings (SSSR count). The van der Waals surface area contributed by atoms with Crippen molar-refractivity contribution in [2.45, 2.75) is 38.7 Å². The summed E-state index contributed by atoms with van der Waals surface area (Å²) in [5.74, 6) is -1.68. The van der Waals surface area contributed by atoms with Crippen LogP contribution in [0.5, 0.6) is 0 Å². The van der Waals surface area contributed by atoms with Crippen LogP contribution in [-0.4, -0.2) is 40.8 Å². The number of carboxylic acid groups (broad SMARTS) is 1. The summed E-state index contributed by atoms with van der Waals surface area (Å²) in [5.41, 5.74) is 2.56. The van der Waals surface area contributed by atoms with E-state index in [-0.39, 0.29) is 12.5 Å². The molecule has 1 amide bonds. The molecule has 0 unspecified atom stereocenters. The third kappa shape index (κ3) is 4.71. The number of aliphatic carboxylic acids is 1. The van der Waals surface area contributed by atoms with E-state index < -0.39 is 23.6 Å². The maximum absolute atomic E-state index is 12.4. The molecule has 2 aromatic rings. The number of carbonyl (C=O) groups excluding carboxylic acids is 1. The number of hydrogen-bond donors (Lipinski definition) is 1. The normalized spacial score (nSPS) is 19.9. The summed E-state index contributed by atoms with van der Waals surface area (Å²) >= 11 is 0. The van der Waals surface area contributed by atoms with Gasteiger partial charge < -0.3 is 14.7 Å². The van der Waals surface area contributed by atoms with Crippen LogP contribution in [0, 0.1) is 5.92 Å². The topological polar surface area (TPSA) is 66.8 Å². The van der Waals surface area contributed by atoms with Gasteiger partial charge in [0.1, 0.15) is 5.60 Å². The lowest BCUT2D eigenvalue weighted by Crippen LogP contribution is -2.47.